The largest absolute Gasteiger partial charge is 0.478 e. The highest BCUT2D eigenvalue weighted by molar-refractivity contribution is 6.03. The van der Waals surface area contributed by atoms with E-state index in [1.807, 2.05) is 0 Å². The summed E-state index contributed by atoms with van der Waals surface area (Å²) in [7, 11) is 0. The minimum Gasteiger partial charge on any atom is -0.478 e. The van der Waals surface area contributed by atoms with Crippen molar-refractivity contribution in [1.29, 1.82) is 0 Å². The molecule has 2 unspecified atom stereocenters. The number of carbonyl (C=O) groups excluding carboxylic acids is 1. The number of rotatable bonds is 2. The summed E-state index contributed by atoms with van der Waals surface area (Å²) in [6.07, 6.45) is 0.0702. The predicted octanol–water partition coefficient (Wildman–Crippen LogP) is 1.50. The average Bonchev–Trinajstić information content (AvgIpc) is 2.73. The molecule has 1 amide bonds. The van der Waals surface area contributed by atoms with Crippen molar-refractivity contribution in [3.63, 3.8) is 0 Å². The number of halogens is 2. The molecule has 0 aliphatic carbocycles. The normalized spacial score (nSPS) is 27.9. The van der Waals surface area contributed by atoms with Crippen molar-refractivity contribution in [2.75, 3.05) is 24.5 Å². The van der Waals surface area contributed by atoms with E-state index in [1.165, 1.54) is 13.0 Å². The van der Waals surface area contributed by atoms with E-state index in [2.05, 4.69) is 5.32 Å². The number of carboxylic acid groups (broad SMARTS) is 1. The molecule has 3 rings (SSSR count). The van der Waals surface area contributed by atoms with Gasteiger partial charge in [0.25, 0.3) is 5.91 Å². The maximum atomic E-state index is 14.9. The van der Waals surface area contributed by atoms with Crippen molar-refractivity contribution in [2.24, 2.45) is 5.92 Å². The van der Waals surface area contributed by atoms with E-state index in [-0.39, 0.29) is 24.2 Å². The Balaban J connectivity index is 2.00. The van der Waals surface area contributed by atoms with Crippen LogP contribution < -0.4 is 10.2 Å². The molecule has 2 N–H and O–H groups in total. The van der Waals surface area contributed by atoms with E-state index in [1.54, 1.807) is 0 Å². The molecule has 1 aromatic rings. The van der Waals surface area contributed by atoms with Crippen molar-refractivity contribution in [3.8, 4) is 0 Å². The number of aryl methyl sites for hydroxylation is 1. The Morgan fingerprint density at radius 2 is 2.23 bits per heavy atom. The first-order chi connectivity index (χ1) is 10.3. The molecule has 5 nitrogen and oxygen atoms in total. The van der Waals surface area contributed by atoms with Crippen LogP contribution in [-0.4, -0.2) is 42.3 Å². The number of nitrogens with zero attached hydrogens (tertiary/aromatic N) is 1. The van der Waals surface area contributed by atoms with Gasteiger partial charge in [0.1, 0.15) is 5.82 Å². The maximum absolute atomic E-state index is 14.9. The Morgan fingerprint density at radius 1 is 1.50 bits per heavy atom. The van der Waals surface area contributed by atoms with Gasteiger partial charge >= 0.3 is 5.97 Å². The van der Waals surface area contributed by atoms with Gasteiger partial charge in [0.15, 0.2) is 5.67 Å². The molecule has 2 saturated heterocycles. The van der Waals surface area contributed by atoms with Crippen LogP contribution in [0.3, 0.4) is 0 Å². The topological polar surface area (TPSA) is 69.6 Å². The minimum atomic E-state index is -1.96. The summed E-state index contributed by atoms with van der Waals surface area (Å²) in [4.78, 5) is 24.5. The number of carboxylic acids is 1. The number of piperidine rings is 1. The molecule has 0 radical (unpaired) electrons. The van der Waals surface area contributed by atoms with Crippen LogP contribution >= 0.6 is 0 Å². The molecule has 22 heavy (non-hydrogen) atoms. The highest BCUT2D eigenvalue weighted by atomic mass is 19.1. The molecular formula is C15H16F2N2O3. The van der Waals surface area contributed by atoms with E-state index in [0.29, 0.717) is 18.7 Å². The number of alkyl halides is 1. The summed E-state index contributed by atoms with van der Waals surface area (Å²) in [6, 6.07) is 2.18. The number of aromatic carboxylic acids is 1. The zero-order chi connectivity index (χ0) is 16.1. The van der Waals surface area contributed by atoms with Crippen molar-refractivity contribution in [1.82, 2.24) is 5.32 Å². The fourth-order valence-electron chi connectivity index (χ4n) is 3.24. The van der Waals surface area contributed by atoms with Crippen molar-refractivity contribution in [2.45, 2.75) is 19.0 Å². The predicted molar refractivity (Wildman–Crippen MR) is 75.3 cm³/mol. The number of amides is 1. The maximum Gasteiger partial charge on any atom is 0.336 e. The van der Waals surface area contributed by atoms with Gasteiger partial charge < -0.3 is 15.3 Å². The van der Waals surface area contributed by atoms with Gasteiger partial charge in [0, 0.05) is 25.4 Å². The van der Waals surface area contributed by atoms with Crippen LogP contribution in [0.15, 0.2) is 12.1 Å². The lowest BCUT2D eigenvalue weighted by molar-refractivity contribution is -0.130. The average molecular weight is 310 g/mol. The monoisotopic (exact) mass is 310 g/mol. The first-order valence-electron chi connectivity index (χ1n) is 7.09. The molecule has 0 aromatic heterocycles. The molecule has 2 fully saturated rings. The smallest absolute Gasteiger partial charge is 0.336 e. The molecule has 2 aliphatic rings. The standard InChI is InChI=1S/C15H16F2N2O3/c1-8-4-12(11(16)5-10(8)13(20)21)19-7-9-6-18-3-2-15(9,17)14(19)22/h4-5,9,18H,2-3,6-7H2,1H3,(H,20,21). The molecule has 118 valence electrons. The molecule has 0 bridgehead atoms. The Morgan fingerprint density at radius 3 is 2.86 bits per heavy atom. The van der Waals surface area contributed by atoms with Gasteiger partial charge in [-0.05, 0) is 31.2 Å². The first-order valence-corrected chi connectivity index (χ1v) is 7.09. The van der Waals surface area contributed by atoms with Gasteiger partial charge in [-0.3, -0.25) is 4.79 Å². The number of anilines is 1. The van der Waals surface area contributed by atoms with Gasteiger partial charge in [0.05, 0.1) is 11.3 Å². The van der Waals surface area contributed by atoms with E-state index >= 15 is 0 Å². The quantitative estimate of drug-likeness (QED) is 0.868. The molecule has 0 saturated carbocycles. The Bertz CT molecular complexity index is 664. The van der Waals surface area contributed by atoms with Crippen molar-refractivity contribution < 1.29 is 23.5 Å². The highest BCUT2D eigenvalue weighted by Gasteiger charge is 2.56. The van der Waals surface area contributed by atoms with Crippen LogP contribution in [0.1, 0.15) is 22.3 Å². The number of hydrogen-bond acceptors (Lipinski definition) is 3. The third-order valence-electron chi connectivity index (χ3n) is 4.52. The molecule has 7 heteroatoms. The van der Waals surface area contributed by atoms with Gasteiger partial charge in [-0.15, -0.1) is 0 Å². The van der Waals surface area contributed by atoms with Gasteiger partial charge in [0.2, 0.25) is 0 Å². The number of nitrogens with one attached hydrogen (secondary N) is 1. The lowest BCUT2D eigenvalue weighted by Crippen LogP contribution is -2.49. The Kier molecular flexibility index (Phi) is 3.40. The van der Waals surface area contributed by atoms with Crippen molar-refractivity contribution in [3.05, 3.63) is 29.1 Å². The lowest BCUT2D eigenvalue weighted by atomic mass is 9.86. The summed E-state index contributed by atoms with van der Waals surface area (Å²) >= 11 is 0. The molecular weight excluding hydrogens is 294 g/mol. The number of fused-ring (bicyclic) bond motifs is 1. The van der Waals surface area contributed by atoms with E-state index in [4.69, 9.17) is 5.11 Å². The van der Waals surface area contributed by atoms with E-state index in [9.17, 15) is 18.4 Å². The fraction of sp³-hybridized carbons (Fsp3) is 0.467. The van der Waals surface area contributed by atoms with Crippen LogP contribution in [0, 0.1) is 18.7 Å². The summed E-state index contributed by atoms with van der Waals surface area (Å²) < 4.78 is 29.1. The van der Waals surface area contributed by atoms with Gasteiger partial charge in [-0.1, -0.05) is 0 Å². The second kappa shape index (κ2) is 5.01. The number of hydrogen-bond donors (Lipinski definition) is 2. The second-order valence-corrected chi connectivity index (χ2v) is 5.85. The molecule has 2 aliphatic heterocycles. The number of benzene rings is 1. The molecule has 0 spiro atoms. The van der Waals surface area contributed by atoms with Gasteiger partial charge in [-0.2, -0.15) is 0 Å². The summed E-state index contributed by atoms with van der Waals surface area (Å²) in [5, 5.41) is 12.0. The Hall–Kier alpha value is -2.02. The summed E-state index contributed by atoms with van der Waals surface area (Å²) in [5.41, 5.74) is -1.85. The zero-order valence-electron chi connectivity index (χ0n) is 12.0. The van der Waals surface area contributed by atoms with Crippen molar-refractivity contribution >= 4 is 17.6 Å². The third-order valence-corrected chi connectivity index (χ3v) is 4.52. The first kappa shape index (κ1) is 14.9. The van der Waals surface area contributed by atoms with Crippen LogP contribution in [-0.2, 0) is 4.79 Å². The molecule has 2 heterocycles. The minimum absolute atomic E-state index is 0.0566. The van der Waals surface area contributed by atoms with Crippen LogP contribution in [0.25, 0.3) is 0 Å². The second-order valence-electron chi connectivity index (χ2n) is 5.85. The summed E-state index contributed by atoms with van der Waals surface area (Å²) in [5.74, 6) is -3.32. The lowest BCUT2D eigenvalue weighted by Gasteiger charge is -2.29. The third kappa shape index (κ3) is 2.08. The zero-order valence-corrected chi connectivity index (χ0v) is 12.0. The SMILES string of the molecule is Cc1cc(N2CC3CNCCC3(F)C2=O)c(F)cc1C(=O)O. The van der Waals surface area contributed by atoms with E-state index < -0.39 is 29.3 Å². The molecule has 1 aromatic carbocycles. The highest BCUT2D eigenvalue weighted by Crippen LogP contribution is 2.40. The van der Waals surface area contributed by atoms with Crippen LogP contribution in [0.4, 0.5) is 14.5 Å². The van der Waals surface area contributed by atoms with E-state index in [0.717, 1.165) is 11.0 Å². The van der Waals surface area contributed by atoms with Crippen LogP contribution in [0.2, 0.25) is 0 Å². The number of carbonyl (C=O) groups is 2. The Labute approximate surface area is 125 Å². The fourth-order valence-corrected chi connectivity index (χ4v) is 3.24. The molecule has 2 atom stereocenters. The summed E-state index contributed by atoms with van der Waals surface area (Å²) in [6.45, 7) is 2.39. The van der Waals surface area contributed by atoms with Crippen LogP contribution in [0.5, 0.6) is 0 Å². The van der Waals surface area contributed by atoms with Gasteiger partial charge in [-0.25, -0.2) is 13.6 Å².